The van der Waals surface area contributed by atoms with Crippen LogP contribution in [0.25, 0.3) is 0 Å². The highest BCUT2D eigenvalue weighted by Crippen LogP contribution is 2.13. The van der Waals surface area contributed by atoms with Crippen molar-refractivity contribution in [3.63, 3.8) is 0 Å². The molecule has 0 saturated carbocycles. The van der Waals surface area contributed by atoms with Crippen LogP contribution in [0.3, 0.4) is 0 Å². The van der Waals surface area contributed by atoms with Crippen LogP contribution < -0.4 is 17.0 Å². The molecule has 1 saturated heterocycles. The summed E-state index contributed by atoms with van der Waals surface area (Å²) < 4.78 is 11.6. The first kappa shape index (κ1) is 18.4. The highest BCUT2D eigenvalue weighted by molar-refractivity contribution is 6.01. The summed E-state index contributed by atoms with van der Waals surface area (Å²) in [4.78, 5) is 40.6. The van der Waals surface area contributed by atoms with Crippen molar-refractivity contribution in [3.8, 4) is 0 Å². The van der Waals surface area contributed by atoms with Gasteiger partial charge in [0.25, 0.3) is 5.56 Å². The predicted molar refractivity (Wildman–Crippen MR) is 88.4 cm³/mol. The fraction of sp³-hybridized carbons (Fsp3) is 0.667. The van der Waals surface area contributed by atoms with E-state index in [9.17, 15) is 14.4 Å². The lowest BCUT2D eigenvalue weighted by Gasteiger charge is -2.36. The second-order valence-corrected chi connectivity index (χ2v) is 6.01. The number of rotatable bonds is 6. The van der Waals surface area contributed by atoms with Crippen LogP contribution >= 0.6 is 0 Å². The van der Waals surface area contributed by atoms with Gasteiger partial charge in [0.1, 0.15) is 11.4 Å². The van der Waals surface area contributed by atoms with Gasteiger partial charge in [0.2, 0.25) is 0 Å². The first-order chi connectivity index (χ1) is 11.3. The van der Waals surface area contributed by atoms with Gasteiger partial charge in [0, 0.05) is 19.7 Å². The molecule has 1 aromatic rings. The van der Waals surface area contributed by atoms with Crippen molar-refractivity contribution in [2.24, 2.45) is 0 Å². The van der Waals surface area contributed by atoms with Crippen LogP contribution in [0.2, 0.25) is 0 Å². The maximum atomic E-state index is 12.6. The van der Waals surface area contributed by atoms with Crippen LogP contribution in [0.4, 0.5) is 5.82 Å². The first-order valence-electron chi connectivity index (χ1n) is 7.85. The summed E-state index contributed by atoms with van der Waals surface area (Å²) in [7, 11) is 1.49. The van der Waals surface area contributed by atoms with Gasteiger partial charge in [0.15, 0.2) is 5.78 Å². The molecule has 3 N–H and O–H groups in total. The maximum absolute atomic E-state index is 12.6. The molecule has 0 aromatic carbocycles. The van der Waals surface area contributed by atoms with E-state index in [-0.39, 0.29) is 43.2 Å². The van der Waals surface area contributed by atoms with E-state index in [1.54, 1.807) is 0 Å². The summed E-state index contributed by atoms with van der Waals surface area (Å²) in [6.07, 6.45) is 0.0142. The van der Waals surface area contributed by atoms with Gasteiger partial charge in [-0.15, -0.1) is 0 Å². The molecule has 1 aliphatic heterocycles. The summed E-state index contributed by atoms with van der Waals surface area (Å²) in [6, 6.07) is 0.0600. The van der Waals surface area contributed by atoms with Gasteiger partial charge in [-0.25, -0.2) is 4.79 Å². The van der Waals surface area contributed by atoms with Gasteiger partial charge in [0.05, 0.1) is 32.4 Å². The number of H-pyrrole nitrogens is 1. The zero-order valence-electron chi connectivity index (χ0n) is 14.2. The number of hydrogen-bond donors (Lipinski definition) is 2. The molecule has 2 rings (SSSR count). The Balaban J connectivity index is 2.28. The molecule has 0 bridgehead atoms. The minimum absolute atomic E-state index is 0.0142. The molecule has 1 aliphatic rings. The molecule has 134 valence electrons. The number of methoxy groups -OCH3 is 1. The second-order valence-electron chi connectivity index (χ2n) is 6.01. The lowest BCUT2D eigenvalue weighted by atomic mass is 10.1. The van der Waals surface area contributed by atoms with Crippen molar-refractivity contribution in [2.75, 3.05) is 39.1 Å². The van der Waals surface area contributed by atoms with Crippen molar-refractivity contribution in [3.05, 3.63) is 26.4 Å². The molecular weight excluding hydrogens is 316 g/mol. The molecule has 9 heteroatoms. The van der Waals surface area contributed by atoms with Crippen molar-refractivity contribution < 1.29 is 14.3 Å². The van der Waals surface area contributed by atoms with Crippen LogP contribution in [0.15, 0.2) is 9.59 Å². The Morgan fingerprint density at radius 1 is 1.42 bits per heavy atom. The van der Waals surface area contributed by atoms with Crippen molar-refractivity contribution >= 4 is 11.6 Å². The van der Waals surface area contributed by atoms with Crippen LogP contribution in [0.1, 0.15) is 24.2 Å². The minimum atomic E-state index is -0.759. The van der Waals surface area contributed by atoms with Gasteiger partial charge < -0.3 is 15.2 Å². The molecular formula is C15H24N4O5. The van der Waals surface area contributed by atoms with E-state index < -0.39 is 17.0 Å². The molecule has 2 atom stereocenters. The van der Waals surface area contributed by atoms with Crippen LogP contribution in [0, 0.1) is 0 Å². The van der Waals surface area contributed by atoms with Gasteiger partial charge in [-0.2, -0.15) is 0 Å². The number of carbonyl (C=O) groups excluding carboxylic acids is 1. The molecule has 9 nitrogen and oxygen atoms in total. The quantitative estimate of drug-likeness (QED) is 0.641. The Kier molecular flexibility index (Phi) is 5.92. The van der Waals surface area contributed by atoms with Gasteiger partial charge in [-0.1, -0.05) is 0 Å². The molecule has 24 heavy (non-hydrogen) atoms. The zero-order valence-corrected chi connectivity index (χ0v) is 14.2. The van der Waals surface area contributed by atoms with Gasteiger partial charge in [-0.3, -0.25) is 24.0 Å². The third-order valence-corrected chi connectivity index (χ3v) is 4.12. The average Bonchev–Trinajstić information content (AvgIpc) is 2.50. The van der Waals surface area contributed by atoms with Gasteiger partial charge >= 0.3 is 5.69 Å². The number of anilines is 1. The SMILES string of the molecule is COCCn1c(N)c(C(=O)CN2C[C@H](C)OC[C@H]2C)c(=O)[nH]c1=O. The smallest absolute Gasteiger partial charge is 0.330 e. The zero-order chi connectivity index (χ0) is 17.9. The number of nitrogen functional groups attached to an aromatic ring is 1. The molecule has 2 heterocycles. The molecule has 1 aromatic heterocycles. The van der Waals surface area contributed by atoms with E-state index in [0.717, 1.165) is 4.57 Å². The number of hydrogen-bond acceptors (Lipinski definition) is 7. The fourth-order valence-corrected chi connectivity index (χ4v) is 2.72. The van der Waals surface area contributed by atoms with Crippen LogP contribution in [0.5, 0.6) is 0 Å². The molecule has 1 fully saturated rings. The number of aromatic amines is 1. The van der Waals surface area contributed by atoms with Crippen molar-refractivity contribution in [2.45, 2.75) is 32.5 Å². The van der Waals surface area contributed by atoms with E-state index in [2.05, 4.69) is 4.98 Å². The average molecular weight is 340 g/mol. The number of carbonyl (C=O) groups is 1. The van der Waals surface area contributed by atoms with Gasteiger partial charge in [-0.05, 0) is 13.8 Å². The number of morpholine rings is 1. The molecule has 0 amide bonds. The van der Waals surface area contributed by atoms with Crippen molar-refractivity contribution in [1.82, 2.24) is 14.5 Å². The number of ketones is 1. The third kappa shape index (κ3) is 3.92. The maximum Gasteiger partial charge on any atom is 0.330 e. The summed E-state index contributed by atoms with van der Waals surface area (Å²) in [5, 5.41) is 0. The molecule has 0 aliphatic carbocycles. The highest BCUT2D eigenvalue weighted by Gasteiger charge is 2.28. The highest BCUT2D eigenvalue weighted by atomic mass is 16.5. The summed E-state index contributed by atoms with van der Waals surface area (Å²) >= 11 is 0. The Morgan fingerprint density at radius 3 is 2.79 bits per heavy atom. The molecule has 0 unspecified atom stereocenters. The van der Waals surface area contributed by atoms with Crippen molar-refractivity contribution in [1.29, 1.82) is 0 Å². The summed E-state index contributed by atoms with van der Waals surface area (Å²) in [5.41, 5.74) is 4.32. The van der Waals surface area contributed by atoms with E-state index >= 15 is 0 Å². The Morgan fingerprint density at radius 2 is 2.12 bits per heavy atom. The number of nitrogens with zero attached hydrogens (tertiary/aromatic N) is 2. The third-order valence-electron chi connectivity index (χ3n) is 4.12. The number of ether oxygens (including phenoxy) is 2. The number of nitrogens with two attached hydrogens (primary N) is 1. The lowest BCUT2D eigenvalue weighted by molar-refractivity contribution is -0.0460. The standard InChI is InChI=1S/C15H24N4O5/c1-9-8-24-10(2)6-18(9)7-11(20)12-13(16)19(4-5-23-3)15(22)17-14(12)21/h9-10H,4-8,16H2,1-3H3,(H,17,21,22)/t9-,10+/m1/s1. The van der Waals surface area contributed by atoms with Crippen LogP contribution in [-0.4, -0.2) is 65.8 Å². The Bertz CT molecular complexity index is 711. The second kappa shape index (κ2) is 7.73. The van der Waals surface area contributed by atoms with E-state index in [1.807, 2.05) is 18.7 Å². The Labute approximate surface area is 139 Å². The monoisotopic (exact) mass is 340 g/mol. The fourth-order valence-electron chi connectivity index (χ4n) is 2.72. The normalized spacial score (nSPS) is 21.8. The van der Waals surface area contributed by atoms with E-state index in [4.69, 9.17) is 15.2 Å². The number of Topliss-reactive ketones (excluding diaryl/α,β-unsaturated/α-hetero) is 1. The van der Waals surface area contributed by atoms with Crippen LogP contribution in [-0.2, 0) is 16.0 Å². The first-order valence-corrected chi connectivity index (χ1v) is 7.85. The topological polar surface area (TPSA) is 120 Å². The molecule has 0 spiro atoms. The minimum Gasteiger partial charge on any atom is -0.384 e. The van der Waals surface area contributed by atoms with E-state index in [0.29, 0.717) is 13.2 Å². The Hall–Kier alpha value is -1.97. The number of nitrogens with one attached hydrogen (secondary N) is 1. The lowest BCUT2D eigenvalue weighted by Crippen LogP contribution is -2.50. The number of aromatic nitrogens is 2. The largest absolute Gasteiger partial charge is 0.384 e. The summed E-state index contributed by atoms with van der Waals surface area (Å²) in [5.74, 6) is -0.541. The molecule has 0 radical (unpaired) electrons. The predicted octanol–water partition coefficient (Wildman–Crippen LogP) is -0.943. The summed E-state index contributed by atoms with van der Waals surface area (Å²) in [6.45, 7) is 5.43. The van der Waals surface area contributed by atoms with E-state index in [1.165, 1.54) is 7.11 Å².